The van der Waals surface area contributed by atoms with Crippen LogP contribution < -0.4 is 10.6 Å². The highest BCUT2D eigenvalue weighted by molar-refractivity contribution is 5.77. The first-order valence-electron chi connectivity index (χ1n) is 5.85. The first kappa shape index (κ1) is 12.5. The van der Waals surface area contributed by atoms with Crippen molar-refractivity contribution in [3.63, 3.8) is 0 Å². The second-order valence-corrected chi connectivity index (χ2v) is 4.27. The fourth-order valence-corrected chi connectivity index (χ4v) is 2.07. The number of likely N-dealkylation sites (tertiary alicyclic amines) is 1. The van der Waals surface area contributed by atoms with Gasteiger partial charge in [-0.2, -0.15) is 0 Å². The van der Waals surface area contributed by atoms with Gasteiger partial charge in [0, 0.05) is 13.1 Å². The molecule has 1 atom stereocenters. The summed E-state index contributed by atoms with van der Waals surface area (Å²) >= 11 is 0. The average Bonchev–Trinajstić information content (AvgIpc) is 2.26. The third kappa shape index (κ3) is 4.62. The maximum atomic E-state index is 10.9. The normalized spacial score (nSPS) is 22.7. The van der Waals surface area contributed by atoms with Crippen molar-refractivity contribution < 1.29 is 4.79 Å². The minimum Gasteiger partial charge on any atom is -0.358 e. The number of hydrogen-bond donors (Lipinski definition) is 2. The average molecular weight is 213 g/mol. The Morgan fingerprint density at radius 2 is 2.27 bits per heavy atom. The molecule has 0 radical (unpaired) electrons. The van der Waals surface area contributed by atoms with Crippen molar-refractivity contribution in [2.45, 2.75) is 31.7 Å². The van der Waals surface area contributed by atoms with Crippen LogP contribution in [0.2, 0.25) is 0 Å². The number of nitrogens with one attached hydrogen (secondary N) is 2. The number of carbonyl (C=O) groups is 1. The number of likely N-dealkylation sites (N-methyl/N-ethyl adjacent to an activating group) is 1. The predicted octanol–water partition coefficient (Wildman–Crippen LogP) is 0.196. The maximum Gasteiger partial charge on any atom is 0.233 e. The molecule has 15 heavy (non-hydrogen) atoms. The lowest BCUT2D eigenvalue weighted by molar-refractivity contribution is -0.119. The molecule has 88 valence electrons. The summed E-state index contributed by atoms with van der Waals surface area (Å²) in [5.74, 6) is 0.0620. The Morgan fingerprint density at radius 3 is 2.93 bits per heavy atom. The minimum atomic E-state index is 0.0620. The SMILES string of the molecule is CNC(=O)CNCCC1CCCCN1C. The van der Waals surface area contributed by atoms with Gasteiger partial charge in [0.25, 0.3) is 0 Å². The molecule has 1 amide bonds. The van der Waals surface area contributed by atoms with Gasteiger partial charge in [0.1, 0.15) is 0 Å². The molecule has 1 aliphatic heterocycles. The minimum absolute atomic E-state index is 0.0620. The zero-order chi connectivity index (χ0) is 11.1. The van der Waals surface area contributed by atoms with Crippen LogP contribution in [0.25, 0.3) is 0 Å². The zero-order valence-electron chi connectivity index (χ0n) is 9.88. The van der Waals surface area contributed by atoms with Gasteiger partial charge in [-0.25, -0.2) is 0 Å². The number of amides is 1. The van der Waals surface area contributed by atoms with E-state index in [9.17, 15) is 4.79 Å². The fourth-order valence-electron chi connectivity index (χ4n) is 2.07. The summed E-state index contributed by atoms with van der Waals surface area (Å²) < 4.78 is 0. The Hall–Kier alpha value is -0.610. The Balaban J connectivity index is 2.06. The van der Waals surface area contributed by atoms with E-state index >= 15 is 0 Å². The van der Waals surface area contributed by atoms with Gasteiger partial charge < -0.3 is 15.5 Å². The lowest BCUT2D eigenvalue weighted by Crippen LogP contribution is -2.39. The van der Waals surface area contributed by atoms with Crippen molar-refractivity contribution in [2.75, 3.05) is 33.7 Å². The van der Waals surface area contributed by atoms with E-state index in [-0.39, 0.29) is 5.91 Å². The van der Waals surface area contributed by atoms with Crippen LogP contribution in [0.5, 0.6) is 0 Å². The molecule has 0 aromatic heterocycles. The number of nitrogens with zero attached hydrogens (tertiary/aromatic N) is 1. The van der Waals surface area contributed by atoms with Crippen molar-refractivity contribution in [1.29, 1.82) is 0 Å². The molecule has 4 nitrogen and oxygen atoms in total. The molecule has 1 unspecified atom stereocenters. The Labute approximate surface area is 92.4 Å². The summed E-state index contributed by atoms with van der Waals surface area (Å²) in [5.41, 5.74) is 0. The highest BCUT2D eigenvalue weighted by atomic mass is 16.1. The van der Waals surface area contributed by atoms with Crippen LogP contribution in [-0.2, 0) is 4.79 Å². The first-order valence-corrected chi connectivity index (χ1v) is 5.85. The lowest BCUT2D eigenvalue weighted by Gasteiger charge is -2.32. The quantitative estimate of drug-likeness (QED) is 0.641. The topological polar surface area (TPSA) is 44.4 Å². The summed E-state index contributed by atoms with van der Waals surface area (Å²) in [6.45, 7) is 2.59. The van der Waals surface area contributed by atoms with Crippen molar-refractivity contribution in [3.05, 3.63) is 0 Å². The van der Waals surface area contributed by atoms with E-state index in [0.717, 1.165) is 13.0 Å². The van der Waals surface area contributed by atoms with Gasteiger partial charge >= 0.3 is 0 Å². The highest BCUT2D eigenvalue weighted by Gasteiger charge is 2.17. The van der Waals surface area contributed by atoms with E-state index in [0.29, 0.717) is 12.6 Å². The van der Waals surface area contributed by atoms with Crippen molar-refractivity contribution in [2.24, 2.45) is 0 Å². The maximum absolute atomic E-state index is 10.9. The molecule has 0 saturated carbocycles. The molecule has 1 heterocycles. The monoisotopic (exact) mass is 213 g/mol. The molecular formula is C11H23N3O. The first-order chi connectivity index (χ1) is 7.24. The molecule has 4 heteroatoms. The Morgan fingerprint density at radius 1 is 1.47 bits per heavy atom. The van der Waals surface area contributed by atoms with Gasteiger partial charge in [-0.3, -0.25) is 4.79 Å². The summed E-state index contributed by atoms with van der Waals surface area (Å²) in [4.78, 5) is 13.4. The van der Waals surface area contributed by atoms with Gasteiger partial charge in [-0.15, -0.1) is 0 Å². The van der Waals surface area contributed by atoms with Gasteiger partial charge in [-0.1, -0.05) is 6.42 Å². The van der Waals surface area contributed by atoms with Gasteiger partial charge in [0.15, 0.2) is 0 Å². The van der Waals surface area contributed by atoms with Gasteiger partial charge in [0.05, 0.1) is 6.54 Å². The second kappa shape index (κ2) is 6.80. The smallest absolute Gasteiger partial charge is 0.233 e. The van der Waals surface area contributed by atoms with Gasteiger partial charge in [0.2, 0.25) is 5.91 Å². The number of piperidine rings is 1. The third-order valence-corrected chi connectivity index (χ3v) is 3.14. The third-order valence-electron chi connectivity index (χ3n) is 3.14. The summed E-state index contributed by atoms with van der Waals surface area (Å²) in [5, 5.41) is 5.77. The molecule has 0 aromatic carbocycles. The number of hydrogen-bond acceptors (Lipinski definition) is 3. The highest BCUT2D eigenvalue weighted by Crippen LogP contribution is 2.16. The lowest BCUT2D eigenvalue weighted by atomic mass is 10.0. The van der Waals surface area contributed by atoms with Crippen molar-refractivity contribution in [1.82, 2.24) is 15.5 Å². The molecular weight excluding hydrogens is 190 g/mol. The van der Waals surface area contributed by atoms with E-state index in [1.165, 1.54) is 25.8 Å². The molecule has 1 rings (SSSR count). The van der Waals surface area contributed by atoms with Crippen LogP contribution >= 0.6 is 0 Å². The van der Waals surface area contributed by atoms with Crippen LogP contribution in [0, 0.1) is 0 Å². The molecule has 0 aromatic rings. The number of carbonyl (C=O) groups excluding carboxylic acids is 1. The van der Waals surface area contributed by atoms with Crippen LogP contribution in [0.3, 0.4) is 0 Å². The van der Waals surface area contributed by atoms with E-state index in [4.69, 9.17) is 0 Å². The Kier molecular flexibility index (Phi) is 5.65. The standard InChI is InChI=1S/C11H23N3O/c1-12-11(15)9-13-7-6-10-5-3-4-8-14(10)2/h10,13H,3-9H2,1-2H3,(H,12,15). The molecule has 0 aliphatic carbocycles. The predicted molar refractivity (Wildman–Crippen MR) is 61.8 cm³/mol. The summed E-state index contributed by atoms with van der Waals surface area (Å²) in [6.07, 6.45) is 5.13. The molecule has 1 saturated heterocycles. The van der Waals surface area contributed by atoms with Crippen LogP contribution in [0.1, 0.15) is 25.7 Å². The van der Waals surface area contributed by atoms with Crippen LogP contribution in [0.15, 0.2) is 0 Å². The zero-order valence-corrected chi connectivity index (χ0v) is 9.88. The number of rotatable bonds is 5. The van der Waals surface area contributed by atoms with Crippen LogP contribution in [0.4, 0.5) is 0 Å². The molecule has 1 fully saturated rings. The van der Waals surface area contributed by atoms with Crippen LogP contribution in [-0.4, -0.2) is 50.6 Å². The summed E-state index contributed by atoms with van der Waals surface area (Å²) in [7, 11) is 3.86. The molecule has 2 N–H and O–H groups in total. The van der Waals surface area contributed by atoms with E-state index in [2.05, 4.69) is 22.6 Å². The Bertz CT molecular complexity index is 196. The molecule has 0 spiro atoms. The van der Waals surface area contributed by atoms with Gasteiger partial charge in [-0.05, 0) is 39.4 Å². The molecule has 1 aliphatic rings. The second-order valence-electron chi connectivity index (χ2n) is 4.27. The van der Waals surface area contributed by atoms with E-state index < -0.39 is 0 Å². The van der Waals surface area contributed by atoms with E-state index in [1.807, 2.05) is 0 Å². The summed E-state index contributed by atoms with van der Waals surface area (Å²) in [6, 6.07) is 0.705. The van der Waals surface area contributed by atoms with E-state index in [1.54, 1.807) is 7.05 Å². The molecule has 0 bridgehead atoms. The van der Waals surface area contributed by atoms with Crippen molar-refractivity contribution in [3.8, 4) is 0 Å². The van der Waals surface area contributed by atoms with Crippen molar-refractivity contribution >= 4 is 5.91 Å². The largest absolute Gasteiger partial charge is 0.358 e. The fraction of sp³-hybridized carbons (Fsp3) is 0.909.